The lowest BCUT2D eigenvalue weighted by molar-refractivity contribution is -0.174. The van der Waals surface area contributed by atoms with Gasteiger partial charge in [0.15, 0.2) is 0 Å². The van der Waals surface area contributed by atoms with Crippen LogP contribution in [0, 0.1) is 0 Å². The zero-order chi connectivity index (χ0) is 15.9. The van der Waals surface area contributed by atoms with Crippen molar-refractivity contribution in [3.8, 4) is 0 Å². The summed E-state index contributed by atoms with van der Waals surface area (Å²) in [5.74, 6) is 0. The topological polar surface area (TPSA) is 53.1 Å². The number of nitrogens with two attached hydrogens (primary N) is 1. The average Bonchev–Trinajstić information content (AvgIpc) is 2.83. The molecule has 0 saturated carbocycles. The molecule has 1 aromatic rings. The van der Waals surface area contributed by atoms with E-state index in [0.29, 0.717) is 18.9 Å². The first-order valence-corrected chi connectivity index (χ1v) is 7.29. The maximum absolute atomic E-state index is 11.9. The maximum atomic E-state index is 11.9. The number of hydrogen-bond donors (Lipinski definition) is 1. The Labute approximate surface area is 123 Å². The highest BCUT2D eigenvalue weighted by Crippen LogP contribution is 2.16. The van der Waals surface area contributed by atoms with Crippen molar-refractivity contribution in [1.82, 2.24) is 9.78 Å². The van der Waals surface area contributed by atoms with Crippen LogP contribution in [0.1, 0.15) is 44.8 Å². The van der Waals surface area contributed by atoms with Crippen molar-refractivity contribution in [2.24, 2.45) is 5.73 Å². The Balaban J connectivity index is 2.33. The molecule has 0 aliphatic rings. The fourth-order valence-corrected chi connectivity index (χ4v) is 2.15. The SMILES string of the molecule is CCC(CC)n1ccc(CC(N)CCOCC(F)(F)F)n1. The quantitative estimate of drug-likeness (QED) is 0.713. The summed E-state index contributed by atoms with van der Waals surface area (Å²) in [5.41, 5.74) is 6.76. The largest absolute Gasteiger partial charge is 0.411 e. The molecule has 1 atom stereocenters. The molecular weight excluding hydrogens is 283 g/mol. The van der Waals surface area contributed by atoms with E-state index in [0.717, 1.165) is 18.5 Å². The van der Waals surface area contributed by atoms with Crippen LogP contribution < -0.4 is 5.73 Å². The molecule has 0 bridgehead atoms. The van der Waals surface area contributed by atoms with Gasteiger partial charge in [0.25, 0.3) is 0 Å². The molecule has 0 radical (unpaired) electrons. The molecule has 4 nitrogen and oxygen atoms in total. The molecule has 0 amide bonds. The minimum Gasteiger partial charge on any atom is -0.372 e. The summed E-state index contributed by atoms with van der Waals surface area (Å²) in [6.45, 7) is 3.01. The van der Waals surface area contributed by atoms with Crippen molar-refractivity contribution in [2.75, 3.05) is 13.2 Å². The highest BCUT2D eigenvalue weighted by atomic mass is 19.4. The van der Waals surface area contributed by atoms with E-state index in [1.54, 1.807) is 0 Å². The van der Waals surface area contributed by atoms with E-state index in [-0.39, 0.29) is 12.6 Å². The van der Waals surface area contributed by atoms with Crippen molar-refractivity contribution in [2.45, 2.75) is 57.8 Å². The molecule has 2 N–H and O–H groups in total. The summed E-state index contributed by atoms with van der Waals surface area (Å²) in [6, 6.07) is 2.04. The van der Waals surface area contributed by atoms with Crippen LogP contribution in [0.2, 0.25) is 0 Å². The van der Waals surface area contributed by atoms with Gasteiger partial charge in [0.2, 0.25) is 0 Å². The molecule has 0 aliphatic heterocycles. The van der Waals surface area contributed by atoms with E-state index >= 15 is 0 Å². The standard InChI is InChI=1S/C14H24F3N3O/c1-3-13(4-2)20-7-5-12(19-20)9-11(18)6-8-21-10-14(15,16)17/h5,7,11,13H,3-4,6,8-10,18H2,1-2H3. The lowest BCUT2D eigenvalue weighted by Gasteiger charge is -2.13. The van der Waals surface area contributed by atoms with Crippen LogP contribution >= 0.6 is 0 Å². The van der Waals surface area contributed by atoms with Gasteiger partial charge in [-0.1, -0.05) is 13.8 Å². The van der Waals surface area contributed by atoms with Crippen LogP contribution in [-0.4, -0.2) is 35.2 Å². The third kappa shape index (κ3) is 6.95. The van der Waals surface area contributed by atoms with Crippen molar-refractivity contribution in [3.05, 3.63) is 18.0 Å². The van der Waals surface area contributed by atoms with Gasteiger partial charge in [0.05, 0.1) is 11.7 Å². The molecule has 0 aromatic carbocycles. The van der Waals surface area contributed by atoms with Crippen LogP contribution in [0.3, 0.4) is 0 Å². The second-order valence-electron chi connectivity index (χ2n) is 5.18. The Hall–Kier alpha value is -1.08. The number of aromatic nitrogens is 2. The summed E-state index contributed by atoms with van der Waals surface area (Å²) >= 11 is 0. The molecule has 0 spiro atoms. The van der Waals surface area contributed by atoms with Crippen LogP contribution in [0.4, 0.5) is 13.2 Å². The lowest BCUT2D eigenvalue weighted by atomic mass is 10.1. The Bertz CT molecular complexity index is 402. The summed E-state index contributed by atoms with van der Waals surface area (Å²) in [7, 11) is 0. The van der Waals surface area contributed by atoms with Crippen molar-refractivity contribution < 1.29 is 17.9 Å². The number of hydrogen-bond acceptors (Lipinski definition) is 3. The predicted octanol–water partition coefficient (Wildman–Crippen LogP) is 3.08. The molecule has 0 aliphatic carbocycles. The van der Waals surface area contributed by atoms with Gasteiger partial charge in [-0.3, -0.25) is 4.68 Å². The second-order valence-corrected chi connectivity index (χ2v) is 5.18. The highest BCUT2D eigenvalue weighted by molar-refractivity contribution is 5.02. The summed E-state index contributed by atoms with van der Waals surface area (Å²) < 4.78 is 42.2. The van der Waals surface area contributed by atoms with Crippen molar-refractivity contribution >= 4 is 0 Å². The lowest BCUT2D eigenvalue weighted by Crippen LogP contribution is -2.26. The molecular formula is C14H24F3N3O. The molecule has 122 valence electrons. The third-order valence-electron chi connectivity index (χ3n) is 3.35. The van der Waals surface area contributed by atoms with Crippen molar-refractivity contribution in [3.63, 3.8) is 0 Å². The number of rotatable bonds is 9. The zero-order valence-electron chi connectivity index (χ0n) is 12.6. The first kappa shape index (κ1) is 18.0. The van der Waals surface area contributed by atoms with Gasteiger partial charge in [-0.05, 0) is 25.3 Å². The molecule has 0 saturated heterocycles. The number of alkyl halides is 3. The van der Waals surface area contributed by atoms with Gasteiger partial charge in [-0.2, -0.15) is 18.3 Å². The second kappa shape index (κ2) is 8.38. The molecule has 7 heteroatoms. The average molecular weight is 307 g/mol. The van der Waals surface area contributed by atoms with Crippen LogP contribution in [0.25, 0.3) is 0 Å². The van der Waals surface area contributed by atoms with Gasteiger partial charge >= 0.3 is 6.18 Å². The Morgan fingerprint density at radius 2 is 2.00 bits per heavy atom. The Morgan fingerprint density at radius 3 is 2.57 bits per heavy atom. The first-order chi connectivity index (χ1) is 9.85. The van der Waals surface area contributed by atoms with E-state index in [1.165, 1.54) is 0 Å². The highest BCUT2D eigenvalue weighted by Gasteiger charge is 2.27. The summed E-state index contributed by atoms with van der Waals surface area (Å²) in [6.07, 6.45) is 0.596. The smallest absolute Gasteiger partial charge is 0.372 e. The van der Waals surface area contributed by atoms with Gasteiger partial charge in [0.1, 0.15) is 6.61 Å². The Morgan fingerprint density at radius 1 is 1.33 bits per heavy atom. The molecule has 0 fully saturated rings. The van der Waals surface area contributed by atoms with E-state index in [2.05, 4.69) is 23.7 Å². The normalized spacial score (nSPS) is 13.9. The van der Waals surface area contributed by atoms with Crippen LogP contribution in [0.5, 0.6) is 0 Å². The van der Waals surface area contributed by atoms with Gasteiger partial charge in [0, 0.05) is 25.3 Å². The van der Waals surface area contributed by atoms with Crippen LogP contribution in [-0.2, 0) is 11.2 Å². The van der Waals surface area contributed by atoms with Gasteiger partial charge < -0.3 is 10.5 Å². The predicted molar refractivity (Wildman–Crippen MR) is 75.0 cm³/mol. The molecule has 1 rings (SSSR count). The molecule has 1 heterocycles. The number of nitrogens with zero attached hydrogens (tertiary/aromatic N) is 2. The molecule has 1 aromatic heterocycles. The third-order valence-corrected chi connectivity index (χ3v) is 3.35. The minimum absolute atomic E-state index is 0.00787. The maximum Gasteiger partial charge on any atom is 0.411 e. The van der Waals surface area contributed by atoms with E-state index in [9.17, 15) is 13.2 Å². The van der Waals surface area contributed by atoms with E-state index < -0.39 is 12.8 Å². The van der Waals surface area contributed by atoms with Crippen molar-refractivity contribution in [1.29, 1.82) is 0 Å². The minimum atomic E-state index is -4.28. The molecule has 21 heavy (non-hydrogen) atoms. The molecule has 1 unspecified atom stereocenters. The monoisotopic (exact) mass is 307 g/mol. The fourth-order valence-electron chi connectivity index (χ4n) is 2.15. The van der Waals surface area contributed by atoms with Gasteiger partial charge in [-0.15, -0.1) is 0 Å². The Kier molecular flexibility index (Phi) is 7.17. The number of ether oxygens (including phenoxy) is 1. The zero-order valence-corrected chi connectivity index (χ0v) is 12.6. The van der Waals surface area contributed by atoms with E-state index in [1.807, 2.05) is 16.9 Å². The van der Waals surface area contributed by atoms with Gasteiger partial charge in [-0.25, -0.2) is 0 Å². The first-order valence-electron chi connectivity index (χ1n) is 7.29. The van der Waals surface area contributed by atoms with Crippen LogP contribution in [0.15, 0.2) is 12.3 Å². The fraction of sp³-hybridized carbons (Fsp3) is 0.786. The summed E-state index contributed by atoms with van der Waals surface area (Å²) in [4.78, 5) is 0. The number of halogens is 3. The summed E-state index contributed by atoms with van der Waals surface area (Å²) in [5, 5.41) is 4.48. The van der Waals surface area contributed by atoms with E-state index in [4.69, 9.17) is 5.73 Å².